The fourth-order valence-electron chi connectivity index (χ4n) is 2.04. The second-order valence-corrected chi connectivity index (χ2v) is 4.05. The van der Waals surface area contributed by atoms with E-state index in [4.69, 9.17) is 0 Å². The Balaban J connectivity index is 2.25. The normalized spacial score (nSPS) is 13.6. The predicted octanol–water partition coefficient (Wildman–Crippen LogP) is 0.0761. The molecule has 0 saturated heterocycles. The predicted molar refractivity (Wildman–Crippen MR) is 65.1 cm³/mol. The third-order valence-corrected chi connectivity index (χ3v) is 2.95. The zero-order chi connectivity index (χ0) is 12.7. The highest BCUT2D eigenvalue weighted by atomic mass is 16.3. The van der Waals surface area contributed by atoms with Gasteiger partial charge in [-0.25, -0.2) is 23.5 Å². The standard InChI is InChI=1S/C12H11N3O3/c16-10-5-3-9(4-6-10)15-11(17)13-7-1-2-8-14(13)12(15)18/h1-6,16H,7-8H2. The van der Waals surface area contributed by atoms with Crippen LogP contribution in [0.1, 0.15) is 0 Å². The van der Waals surface area contributed by atoms with Crippen LogP contribution in [-0.4, -0.2) is 19.0 Å². The molecule has 0 unspecified atom stereocenters. The molecule has 18 heavy (non-hydrogen) atoms. The smallest absolute Gasteiger partial charge is 0.352 e. The largest absolute Gasteiger partial charge is 0.508 e. The lowest BCUT2D eigenvalue weighted by Gasteiger charge is -2.08. The molecule has 0 fully saturated rings. The van der Waals surface area contributed by atoms with Crippen molar-refractivity contribution in [2.24, 2.45) is 0 Å². The molecule has 6 nitrogen and oxygen atoms in total. The van der Waals surface area contributed by atoms with E-state index in [-0.39, 0.29) is 17.1 Å². The maximum absolute atomic E-state index is 12.1. The molecule has 1 N–H and O–H groups in total. The minimum absolute atomic E-state index is 0.0949. The van der Waals surface area contributed by atoms with Crippen molar-refractivity contribution in [1.82, 2.24) is 13.9 Å². The van der Waals surface area contributed by atoms with Crippen LogP contribution in [0.15, 0.2) is 46.0 Å². The number of nitrogens with zero attached hydrogens (tertiary/aromatic N) is 3. The lowest BCUT2D eigenvalue weighted by atomic mass is 10.3. The Hall–Kier alpha value is -2.50. The molecule has 1 aromatic carbocycles. The summed E-state index contributed by atoms with van der Waals surface area (Å²) in [6.45, 7) is 0.804. The first-order valence-corrected chi connectivity index (χ1v) is 5.55. The monoisotopic (exact) mass is 245 g/mol. The summed E-state index contributed by atoms with van der Waals surface area (Å²) in [7, 11) is 0. The fourth-order valence-corrected chi connectivity index (χ4v) is 2.04. The molecule has 2 aromatic rings. The number of rotatable bonds is 1. The third-order valence-electron chi connectivity index (χ3n) is 2.95. The number of allylic oxidation sites excluding steroid dienone is 2. The van der Waals surface area contributed by atoms with E-state index < -0.39 is 0 Å². The van der Waals surface area contributed by atoms with E-state index in [1.807, 2.05) is 12.2 Å². The van der Waals surface area contributed by atoms with Crippen molar-refractivity contribution in [2.45, 2.75) is 13.1 Å². The number of phenols is 1. The van der Waals surface area contributed by atoms with Gasteiger partial charge < -0.3 is 5.11 Å². The summed E-state index contributed by atoms with van der Waals surface area (Å²) in [4.78, 5) is 24.3. The van der Waals surface area contributed by atoms with Crippen molar-refractivity contribution < 1.29 is 5.11 Å². The summed E-state index contributed by atoms with van der Waals surface area (Å²) in [5.74, 6) is 0.0949. The minimum atomic E-state index is -0.366. The van der Waals surface area contributed by atoms with Crippen molar-refractivity contribution >= 4 is 0 Å². The second kappa shape index (κ2) is 3.76. The van der Waals surface area contributed by atoms with Gasteiger partial charge >= 0.3 is 11.4 Å². The Morgan fingerprint density at radius 1 is 0.889 bits per heavy atom. The molecular formula is C12H11N3O3. The van der Waals surface area contributed by atoms with E-state index >= 15 is 0 Å². The van der Waals surface area contributed by atoms with Gasteiger partial charge in [0.1, 0.15) is 5.75 Å². The van der Waals surface area contributed by atoms with E-state index in [9.17, 15) is 14.7 Å². The van der Waals surface area contributed by atoms with Crippen LogP contribution in [0.4, 0.5) is 0 Å². The zero-order valence-electron chi connectivity index (χ0n) is 9.48. The van der Waals surface area contributed by atoms with Crippen molar-refractivity contribution in [3.05, 3.63) is 57.4 Å². The highest BCUT2D eigenvalue weighted by molar-refractivity contribution is 5.36. The first-order chi connectivity index (χ1) is 8.68. The molecule has 0 aliphatic carbocycles. The lowest BCUT2D eigenvalue weighted by Crippen LogP contribution is -2.28. The number of aromatic nitrogens is 3. The third kappa shape index (κ3) is 1.42. The Labute approximate surface area is 102 Å². The molecule has 3 rings (SSSR count). The minimum Gasteiger partial charge on any atom is -0.508 e. The van der Waals surface area contributed by atoms with Gasteiger partial charge in [-0.15, -0.1) is 0 Å². The molecule has 1 aliphatic heterocycles. The van der Waals surface area contributed by atoms with Gasteiger partial charge in [-0.3, -0.25) is 0 Å². The highest BCUT2D eigenvalue weighted by Crippen LogP contribution is 2.11. The molecular weight excluding hydrogens is 234 g/mol. The first kappa shape index (κ1) is 10.6. The Kier molecular flexibility index (Phi) is 2.22. The summed E-state index contributed by atoms with van der Waals surface area (Å²) in [6.07, 6.45) is 3.70. The Morgan fingerprint density at radius 2 is 1.39 bits per heavy atom. The molecule has 0 amide bonds. The van der Waals surface area contributed by atoms with Gasteiger partial charge in [0.05, 0.1) is 18.8 Å². The molecule has 6 heteroatoms. The summed E-state index contributed by atoms with van der Waals surface area (Å²) in [6, 6.07) is 5.97. The summed E-state index contributed by atoms with van der Waals surface area (Å²) in [5.41, 5.74) is -0.276. The van der Waals surface area contributed by atoms with Gasteiger partial charge in [-0.2, -0.15) is 0 Å². The van der Waals surface area contributed by atoms with Crippen molar-refractivity contribution in [3.8, 4) is 11.4 Å². The molecule has 1 aromatic heterocycles. The number of aromatic hydroxyl groups is 1. The van der Waals surface area contributed by atoms with Gasteiger partial charge in [0.15, 0.2) is 0 Å². The highest BCUT2D eigenvalue weighted by Gasteiger charge is 2.17. The molecule has 92 valence electrons. The van der Waals surface area contributed by atoms with Crippen LogP contribution < -0.4 is 11.4 Å². The van der Waals surface area contributed by atoms with Gasteiger partial charge in [-0.05, 0) is 24.3 Å². The van der Waals surface area contributed by atoms with Gasteiger partial charge in [-0.1, -0.05) is 12.2 Å². The number of benzene rings is 1. The van der Waals surface area contributed by atoms with Crippen LogP contribution in [0.2, 0.25) is 0 Å². The molecule has 0 radical (unpaired) electrons. The van der Waals surface area contributed by atoms with Crippen LogP contribution in [0.5, 0.6) is 5.75 Å². The van der Waals surface area contributed by atoms with E-state index in [0.717, 1.165) is 4.57 Å². The zero-order valence-corrected chi connectivity index (χ0v) is 9.48. The summed E-state index contributed by atoms with van der Waals surface area (Å²) >= 11 is 0. The Bertz CT molecular complexity index is 692. The number of phenolic OH excluding ortho intramolecular Hbond substituents is 1. The first-order valence-electron chi connectivity index (χ1n) is 5.55. The van der Waals surface area contributed by atoms with Crippen LogP contribution in [0.25, 0.3) is 5.69 Å². The quantitative estimate of drug-likeness (QED) is 0.723. The van der Waals surface area contributed by atoms with Crippen LogP contribution >= 0.6 is 0 Å². The number of fused-ring (bicyclic) bond motifs is 1. The SMILES string of the molecule is O=c1n(-c2ccc(O)cc2)c(=O)n2n1CC=CC2. The van der Waals surface area contributed by atoms with Gasteiger partial charge in [0.25, 0.3) is 0 Å². The maximum Gasteiger partial charge on any atom is 0.352 e. The molecule has 0 bridgehead atoms. The second-order valence-electron chi connectivity index (χ2n) is 4.05. The summed E-state index contributed by atoms with van der Waals surface area (Å²) < 4.78 is 3.90. The van der Waals surface area contributed by atoms with E-state index in [1.54, 1.807) is 0 Å². The average Bonchev–Trinajstić information content (AvgIpc) is 2.64. The molecule has 0 spiro atoms. The van der Waals surface area contributed by atoms with E-state index in [1.165, 1.54) is 33.6 Å². The molecule has 0 saturated carbocycles. The van der Waals surface area contributed by atoms with Gasteiger partial charge in [0, 0.05) is 0 Å². The fraction of sp³-hybridized carbons (Fsp3) is 0.167. The van der Waals surface area contributed by atoms with E-state index in [2.05, 4.69) is 0 Å². The maximum atomic E-state index is 12.1. The van der Waals surface area contributed by atoms with Crippen molar-refractivity contribution in [2.75, 3.05) is 0 Å². The van der Waals surface area contributed by atoms with Crippen LogP contribution in [0, 0.1) is 0 Å². The molecule has 1 aliphatic rings. The average molecular weight is 245 g/mol. The summed E-state index contributed by atoms with van der Waals surface area (Å²) in [5, 5.41) is 9.22. The molecule has 0 atom stereocenters. The lowest BCUT2D eigenvalue weighted by molar-refractivity contribution is 0.475. The van der Waals surface area contributed by atoms with Crippen molar-refractivity contribution in [3.63, 3.8) is 0 Å². The van der Waals surface area contributed by atoms with Crippen LogP contribution in [-0.2, 0) is 13.1 Å². The van der Waals surface area contributed by atoms with Crippen molar-refractivity contribution in [1.29, 1.82) is 0 Å². The van der Waals surface area contributed by atoms with Crippen LogP contribution in [0.3, 0.4) is 0 Å². The Morgan fingerprint density at radius 3 is 1.89 bits per heavy atom. The number of hydrogen-bond donors (Lipinski definition) is 1. The molecule has 2 heterocycles. The number of hydrogen-bond acceptors (Lipinski definition) is 3. The van der Waals surface area contributed by atoms with E-state index in [0.29, 0.717) is 18.8 Å². The van der Waals surface area contributed by atoms with Gasteiger partial charge in [0.2, 0.25) is 0 Å². The topological polar surface area (TPSA) is 69.2 Å².